The molecule has 0 aromatic heterocycles. The van der Waals surface area contributed by atoms with Gasteiger partial charge in [0.1, 0.15) is 0 Å². The zero-order chi connectivity index (χ0) is 28.6. The summed E-state index contributed by atoms with van der Waals surface area (Å²) in [6.07, 6.45) is 2.47. The molecule has 1 unspecified atom stereocenters. The Morgan fingerprint density at radius 2 is 1.35 bits per heavy atom. The van der Waals surface area contributed by atoms with Gasteiger partial charge in [-0.3, -0.25) is 0 Å². The number of fused-ring (bicyclic) bond motifs is 4. The molecule has 0 amide bonds. The van der Waals surface area contributed by atoms with Gasteiger partial charge in [-0.05, 0) is 0 Å². The van der Waals surface area contributed by atoms with Gasteiger partial charge in [-0.1, -0.05) is 0 Å². The van der Waals surface area contributed by atoms with Crippen molar-refractivity contribution in [3.05, 3.63) is 107 Å². The Labute approximate surface area is 254 Å². The van der Waals surface area contributed by atoms with Crippen LogP contribution in [0.3, 0.4) is 0 Å². The second kappa shape index (κ2) is 9.95. The Morgan fingerprint density at radius 3 is 2.02 bits per heavy atom. The van der Waals surface area contributed by atoms with Crippen LogP contribution in [0.2, 0.25) is 0 Å². The number of halogens is 2. The van der Waals surface area contributed by atoms with E-state index in [2.05, 4.69) is 133 Å². The van der Waals surface area contributed by atoms with Crippen LogP contribution in [0.5, 0.6) is 0 Å². The first-order valence-electron chi connectivity index (χ1n) is 14.3. The molecule has 204 valence electrons. The van der Waals surface area contributed by atoms with E-state index in [1.807, 2.05) is 0 Å². The van der Waals surface area contributed by atoms with E-state index in [0.29, 0.717) is 0 Å². The standard InChI is InChI=1S/C24H29.C12H9Si.2ClH.Zr/c1-16-10-8-9-11-19(16)22-20-15-18(23(2,3)4)14-17(20)12-13-21(22)24(5,6)7;1-3-7-11-9(5-1)10-6-2-4-8-12(10)13-11;;;/h8-15H,1-7H3;1-7H,13H2;2*1H;/q;;;;+2/p-2. The normalized spacial score (nSPS) is 17.0. The molecule has 40 heavy (non-hydrogen) atoms. The average Bonchev–Trinajstić information content (AvgIpc) is 3.47. The van der Waals surface area contributed by atoms with E-state index in [0.717, 1.165) is 0 Å². The fraction of sp³-hybridized carbons (Fsp3) is 0.278. The van der Waals surface area contributed by atoms with E-state index >= 15 is 0 Å². The van der Waals surface area contributed by atoms with Crippen LogP contribution in [0.25, 0.3) is 28.3 Å². The molecule has 0 saturated carbocycles. The molecule has 0 N–H and O–H groups in total. The molecule has 6 rings (SSSR count). The van der Waals surface area contributed by atoms with Crippen LogP contribution in [0.4, 0.5) is 0 Å². The predicted octanol–water partition coefficient (Wildman–Crippen LogP) is 8.33. The maximum absolute atomic E-state index is 7.94. The summed E-state index contributed by atoms with van der Waals surface area (Å²) in [5.41, 5.74) is 12.1. The molecule has 1 atom stereocenters. The summed E-state index contributed by atoms with van der Waals surface area (Å²) in [6.45, 7) is 16.2. The van der Waals surface area contributed by atoms with Crippen molar-refractivity contribution in [2.45, 2.75) is 57.5 Å². The first-order chi connectivity index (χ1) is 18.8. The van der Waals surface area contributed by atoms with Gasteiger partial charge in [0, 0.05) is 0 Å². The molecule has 0 nitrogen and oxygen atoms in total. The van der Waals surface area contributed by atoms with Crippen molar-refractivity contribution in [2.24, 2.45) is 5.41 Å². The van der Waals surface area contributed by atoms with E-state index < -0.39 is 27.4 Å². The molecule has 1 aliphatic carbocycles. The molecule has 1 heterocycles. The number of hydrogen-bond donors (Lipinski definition) is 0. The minimum atomic E-state index is -4.06. The van der Waals surface area contributed by atoms with Gasteiger partial charge < -0.3 is 0 Å². The number of aryl methyl sites for hydroxylation is 1. The monoisotopic (exact) mass is 658 g/mol. The van der Waals surface area contributed by atoms with Crippen LogP contribution >= 0.6 is 17.0 Å². The molecule has 1 aliphatic heterocycles. The second-order valence-corrected chi connectivity index (χ2v) is 29.5. The van der Waals surface area contributed by atoms with Crippen LogP contribution in [0, 0.1) is 12.3 Å². The zero-order valence-corrected chi connectivity index (χ0v) is 30.0. The minimum absolute atomic E-state index is 0.000391. The molecule has 4 aromatic rings. The predicted molar refractivity (Wildman–Crippen MR) is 177 cm³/mol. The van der Waals surface area contributed by atoms with Gasteiger partial charge in [0.2, 0.25) is 0 Å². The van der Waals surface area contributed by atoms with Gasteiger partial charge in [-0.25, -0.2) is 0 Å². The zero-order valence-electron chi connectivity index (χ0n) is 24.6. The van der Waals surface area contributed by atoms with E-state index in [9.17, 15) is 0 Å². The van der Waals surface area contributed by atoms with Crippen molar-refractivity contribution >= 4 is 46.3 Å². The Balaban J connectivity index is 1.61. The average molecular weight is 661 g/mol. The summed E-state index contributed by atoms with van der Waals surface area (Å²) in [7, 11) is 15.2. The van der Waals surface area contributed by atoms with Crippen molar-refractivity contribution < 1.29 is 17.9 Å². The number of hydrogen-bond acceptors (Lipinski definition) is 0. The molecular formula is C36H38Cl2SiZr. The number of benzene rings is 4. The Kier molecular flexibility index (Phi) is 7.07. The fourth-order valence-corrected chi connectivity index (χ4v) is 24.0. The van der Waals surface area contributed by atoms with Gasteiger partial charge in [0.25, 0.3) is 0 Å². The van der Waals surface area contributed by atoms with Crippen molar-refractivity contribution in [1.29, 1.82) is 0 Å². The Hall–Kier alpha value is -1.70. The molecular weight excluding hydrogens is 623 g/mol. The molecule has 4 heteroatoms. The van der Waals surface area contributed by atoms with E-state index in [4.69, 9.17) is 17.0 Å². The summed E-state index contributed by atoms with van der Waals surface area (Å²) < 4.78 is 1.36. The maximum atomic E-state index is 7.94. The van der Waals surface area contributed by atoms with E-state index in [1.165, 1.54) is 63.7 Å². The molecule has 0 bridgehead atoms. The van der Waals surface area contributed by atoms with Crippen molar-refractivity contribution in [3.8, 4) is 22.3 Å². The van der Waals surface area contributed by atoms with Crippen LogP contribution < -0.4 is 13.6 Å². The van der Waals surface area contributed by atoms with Crippen LogP contribution in [0.1, 0.15) is 67.4 Å². The van der Waals surface area contributed by atoms with Crippen molar-refractivity contribution in [2.75, 3.05) is 0 Å². The van der Waals surface area contributed by atoms with Crippen LogP contribution in [-0.4, -0.2) is 9.52 Å². The number of rotatable bonds is 3. The Morgan fingerprint density at radius 1 is 0.700 bits per heavy atom. The summed E-state index contributed by atoms with van der Waals surface area (Å²) in [4.78, 5) is 0. The van der Waals surface area contributed by atoms with Gasteiger partial charge >= 0.3 is 256 Å². The summed E-state index contributed by atoms with van der Waals surface area (Å²) in [5.74, 6) is 0. The summed E-state index contributed by atoms with van der Waals surface area (Å²) >= 11 is -4.06. The van der Waals surface area contributed by atoms with Crippen molar-refractivity contribution in [3.63, 3.8) is 0 Å². The fourth-order valence-electron chi connectivity index (χ4n) is 6.88. The third-order valence-corrected chi connectivity index (χ3v) is 23.1. The first kappa shape index (κ1) is 28.4. The third-order valence-electron chi connectivity index (χ3n) is 8.86. The summed E-state index contributed by atoms with van der Waals surface area (Å²) in [6, 6.07) is 29.2. The first-order valence-corrected chi connectivity index (χ1v) is 24.7. The molecule has 0 fully saturated rings. The summed E-state index contributed by atoms with van der Waals surface area (Å²) in [5, 5.41) is 2.99. The van der Waals surface area contributed by atoms with Crippen LogP contribution in [-0.2, 0) is 23.3 Å². The SMILES string of the molecule is Cc1ccccc1-c1c(C(C)(C)C)ccc2c1C=C(C(C)(C)C)[CH]2[Zr]([Cl])([Cl])[c]1cccc2c1[SiH2]c1ccccc1-2. The van der Waals surface area contributed by atoms with Gasteiger partial charge in [0.15, 0.2) is 0 Å². The van der Waals surface area contributed by atoms with E-state index in [1.54, 1.807) is 0 Å². The molecule has 4 aromatic carbocycles. The molecule has 2 aliphatic rings. The second-order valence-electron chi connectivity index (χ2n) is 13.6. The third kappa shape index (κ3) is 4.59. The van der Waals surface area contributed by atoms with Gasteiger partial charge in [0.05, 0.1) is 0 Å². The van der Waals surface area contributed by atoms with E-state index in [-0.39, 0.29) is 14.5 Å². The Bertz CT molecular complexity index is 1680. The van der Waals surface area contributed by atoms with Crippen molar-refractivity contribution in [1.82, 2.24) is 0 Å². The molecule has 0 spiro atoms. The van der Waals surface area contributed by atoms with Gasteiger partial charge in [-0.15, -0.1) is 0 Å². The molecule has 0 radical (unpaired) electrons. The molecule has 0 saturated heterocycles. The quantitative estimate of drug-likeness (QED) is 0.171. The topological polar surface area (TPSA) is 0 Å². The van der Waals surface area contributed by atoms with Crippen LogP contribution in [0.15, 0.2) is 84.4 Å². The van der Waals surface area contributed by atoms with Gasteiger partial charge in [-0.2, -0.15) is 0 Å². The number of allylic oxidation sites excluding steroid dienone is 1.